The molecule has 3 nitrogen and oxygen atoms in total. The van der Waals surface area contributed by atoms with Crippen LogP contribution in [0.4, 0.5) is 5.69 Å². The highest BCUT2D eigenvalue weighted by Gasteiger charge is 2.08. The van der Waals surface area contributed by atoms with Crippen LogP contribution in [0.15, 0.2) is 84.9 Å². The lowest BCUT2D eigenvalue weighted by molar-refractivity contribution is 0.267. The second-order valence-electron chi connectivity index (χ2n) is 6.31. The van der Waals surface area contributed by atoms with E-state index in [-0.39, 0.29) is 0 Å². The minimum atomic E-state index is 0.861. The number of hydrogen-bond acceptors (Lipinski definition) is 3. The number of anilines is 1. The zero-order valence-electron chi connectivity index (χ0n) is 15.3. The fourth-order valence-corrected chi connectivity index (χ4v) is 3.04. The molecule has 0 spiro atoms. The van der Waals surface area contributed by atoms with Crippen LogP contribution >= 0.6 is 0 Å². The first-order valence-corrected chi connectivity index (χ1v) is 9.02. The Labute approximate surface area is 156 Å². The van der Waals surface area contributed by atoms with E-state index in [2.05, 4.69) is 76.9 Å². The number of rotatable bonds is 9. The predicted molar refractivity (Wildman–Crippen MR) is 108 cm³/mol. The maximum absolute atomic E-state index is 5.42. The molecule has 0 bridgehead atoms. The molecule has 1 N–H and O–H groups in total. The molecule has 3 aromatic carbocycles. The SMILES string of the molecule is COc1ccccc1NCCN(Cc1ccccc1)Cc1ccccc1. The Morgan fingerprint density at radius 3 is 1.85 bits per heavy atom. The zero-order valence-corrected chi connectivity index (χ0v) is 15.3. The molecule has 0 saturated carbocycles. The number of ether oxygens (including phenoxy) is 1. The lowest BCUT2D eigenvalue weighted by atomic mass is 10.1. The molecule has 0 radical (unpaired) electrons. The largest absolute Gasteiger partial charge is 0.495 e. The number of methoxy groups -OCH3 is 1. The Balaban J connectivity index is 1.63. The van der Waals surface area contributed by atoms with Crippen molar-refractivity contribution in [3.63, 3.8) is 0 Å². The molecule has 134 valence electrons. The van der Waals surface area contributed by atoms with Crippen molar-refractivity contribution in [2.75, 3.05) is 25.5 Å². The number of nitrogens with zero attached hydrogens (tertiary/aromatic N) is 1. The van der Waals surface area contributed by atoms with Gasteiger partial charge in [-0.05, 0) is 23.3 Å². The molecular weight excluding hydrogens is 320 g/mol. The summed E-state index contributed by atoms with van der Waals surface area (Å²) in [6.45, 7) is 3.68. The molecule has 3 rings (SSSR count). The summed E-state index contributed by atoms with van der Waals surface area (Å²) in [6.07, 6.45) is 0. The lowest BCUT2D eigenvalue weighted by Crippen LogP contribution is -2.28. The smallest absolute Gasteiger partial charge is 0.141 e. The van der Waals surface area contributed by atoms with Crippen molar-refractivity contribution in [1.29, 1.82) is 0 Å². The van der Waals surface area contributed by atoms with E-state index in [1.165, 1.54) is 11.1 Å². The summed E-state index contributed by atoms with van der Waals surface area (Å²) in [7, 11) is 1.71. The van der Waals surface area contributed by atoms with Gasteiger partial charge in [-0.3, -0.25) is 4.90 Å². The van der Waals surface area contributed by atoms with Gasteiger partial charge in [0.15, 0.2) is 0 Å². The summed E-state index contributed by atoms with van der Waals surface area (Å²) < 4.78 is 5.42. The molecule has 0 aliphatic rings. The van der Waals surface area contributed by atoms with Gasteiger partial charge in [-0.15, -0.1) is 0 Å². The van der Waals surface area contributed by atoms with Crippen molar-refractivity contribution >= 4 is 5.69 Å². The second kappa shape index (κ2) is 9.64. The van der Waals surface area contributed by atoms with Crippen molar-refractivity contribution in [2.24, 2.45) is 0 Å². The molecule has 0 unspecified atom stereocenters. The number of nitrogens with one attached hydrogen (secondary N) is 1. The van der Waals surface area contributed by atoms with Crippen LogP contribution in [-0.4, -0.2) is 25.1 Å². The van der Waals surface area contributed by atoms with E-state index >= 15 is 0 Å². The third kappa shape index (κ3) is 5.36. The Morgan fingerprint density at radius 2 is 1.27 bits per heavy atom. The predicted octanol–water partition coefficient (Wildman–Crippen LogP) is 4.81. The summed E-state index contributed by atoms with van der Waals surface area (Å²) in [4.78, 5) is 2.47. The first kappa shape index (κ1) is 18.0. The lowest BCUT2D eigenvalue weighted by Gasteiger charge is -2.23. The number of para-hydroxylation sites is 2. The van der Waals surface area contributed by atoms with E-state index in [9.17, 15) is 0 Å². The molecule has 3 aromatic rings. The molecule has 0 amide bonds. The minimum Gasteiger partial charge on any atom is -0.495 e. The summed E-state index contributed by atoms with van der Waals surface area (Å²) in [5, 5.41) is 3.50. The molecule has 0 aromatic heterocycles. The summed E-state index contributed by atoms with van der Waals surface area (Å²) in [5.41, 5.74) is 3.70. The average Bonchev–Trinajstić information content (AvgIpc) is 2.70. The van der Waals surface area contributed by atoms with Crippen molar-refractivity contribution in [1.82, 2.24) is 4.90 Å². The maximum atomic E-state index is 5.42. The van der Waals surface area contributed by atoms with Gasteiger partial charge in [0.25, 0.3) is 0 Å². The van der Waals surface area contributed by atoms with Crippen molar-refractivity contribution < 1.29 is 4.74 Å². The van der Waals surface area contributed by atoms with E-state index in [1.54, 1.807) is 7.11 Å². The van der Waals surface area contributed by atoms with E-state index in [1.807, 2.05) is 18.2 Å². The molecular formula is C23H26N2O. The van der Waals surface area contributed by atoms with Gasteiger partial charge in [0.1, 0.15) is 5.75 Å². The highest BCUT2D eigenvalue weighted by Crippen LogP contribution is 2.22. The molecule has 0 saturated heterocycles. The minimum absolute atomic E-state index is 0.861. The topological polar surface area (TPSA) is 24.5 Å². The van der Waals surface area contributed by atoms with Crippen LogP contribution in [0.1, 0.15) is 11.1 Å². The highest BCUT2D eigenvalue weighted by atomic mass is 16.5. The Morgan fingerprint density at radius 1 is 0.731 bits per heavy atom. The maximum Gasteiger partial charge on any atom is 0.141 e. The van der Waals surface area contributed by atoms with E-state index < -0.39 is 0 Å². The van der Waals surface area contributed by atoms with Gasteiger partial charge in [-0.25, -0.2) is 0 Å². The zero-order chi connectivity index (χ0) is 18.0. The van der Waals surface area contributed by atoms with Crippen LogP contribution in [0.3, 0.4) is 0 Å². The molecule has 0 atom stereocenters. The fourth-order valence-electron chi connectivity index (χ4n) is 3.04. The van der Waals surface area contributed by atoms with Crippen LogP contribution < -0.4 is 10.1 Å². The van der Waals surface area contributed by atoms with Gasteiger partial charge in [0.2, 0.25) is 0 Å². The van der Waals surface area contributed by atoms with Crippen LogP contribution in [0.2, 0.25) is 0 Å². The third-order valence-electron chi connectivity index (χ3n) is 4.35. The summed E-state index contributed by atoms with van der Waals surface area (Å²) >= 11 is 0. The van der Waals surface area contributed by atoms with Crippen molar-refractivity contribution in [2.45, 2.75) is 13.1 Å². The van der Waals surface area contributed by atoms with Gasteiger partial charge in [-0.2, -0.15) is 0 Å². The molecule has 0 heterocycles. The normalized spacial score (nSPS) is 10.7. The van der Waals surface area contributed by atoms with Crippen LogP contribution in [0.5, 0.6) is 5.75 Å². The Bertz CT molecular complexity index is 733. The Hall–Kier alpha value is -2.78. The molecule has 3 heteroatoms. The van der Waals surface area contributed by atoms with Crippen LogP contribution in [0, 0.1) is 0 Å². The first-order chi connectivity index (χ1) is 12.8. The standard InChI is InChI=1S/C23H26N2O/c1-26-23-15-9-8-14-22(23)24-16-17-25(18-20-10-4-2-5-11-20)19-21-12-6-3-7-13-21/h2-15,24H,16-19H2,1H3. The quantitative estimate of drug-likeness (QED) is 0.602. The van der Waals surface area contributed by atoms with Gasteiger partial charge in [0.05, 0.1) is 12.8 Å². The van der Waals surface area contributed by atoms with Gasteiger partial charge in [0, 0.05) is 26.2 Å². The third-order valence-corrected chi connectivity index (χ3v) is 4.35. The van der Waals surface area contributed by atoms with Gasteiger partial charge < -0.3 is 10.1 Å². The first-order valence-electron chi connectivity index (χ1n) is 9.02. The molecule has 26 heavy (non-hydrogen) atoms. The van der Waals surface area contributed by atoms with Gasteiger partial charge in [-0.1, -0.05) is 72.8 Å². The monoisotopic (exact) mass is 346 g/mol. The van der Waals surface area contributed by atoms with Crippen LogP contribution in [0.25, 0.3) is 0 Å². The van der Waals surface area contributed by atoms with Crippen LogP contribution in [-0.2, 0) is 13.1 Å². The molecule has 0 aliphatic heterocycles. The number of benzene rings is 3. The van der Waals surface area contributed by atoms with E-state index in [0.29, 0.717) is 0 Å². The van der Waals surface area contributed by atoms with E-state index in [0.717, 1.165) is 37.6 Å². The second-order valence-corrected chi connectivity index (χ2v) is 6.31. The highest BCUT2D eigenvalue weighted by molar-refractivity contribution is 5.56. The van der Waals surface area contributed by atoms with Crippen molar-refractivity contribution in [3.05, 3.63) is 96.1 Å². The van der Waals surface area contributed by atoms with Gasteiger partial charge >= 0.3 is 0 Å². The Kier molecular flexibility index (Phi) is 6.68. The summed E-state index contributed by atoms with van der Waals surface area (Å²) in [5.74, 6) is 0.880. The van der Waals surface area contributed by atoms with E-state index in [4.69, 9.17) is 4.74 Å². The number of hydrogen-bond donors (Lipinski definition) is 1. The summed E-state index contributed by atoms with van der Waals surface area (Å²) in [6, 6.07) is 29.3. The molecule has 0 fully saturated rings. The fraction of sp³-hybridized carbons (Fsp3) is 0.217. The molecule has 0 aliphatic carbocycles. The average molecular weight is 346 g/mol. The van der Waals surface area contributed by atoms with Crippen molar-refractivity contribution in [3.8, 4) is 5.75 Å².